The molecule has 0 aliphatic rings. The van der Waals surface area contributed by atoms with Crippen molar-refractivity contribution in [2.24, 2.45) is 0 Å². The molecule has 0 fully saturated rings. The lowest BCUT2D eigenvalue weighted by atomic mass is 10.1. The summed E-state index contributed by atoms with van der Waals surface area (Å²) in [6.07, 6.45) is -0.954. The molecule has 0 atom stereocenters. The molecule has 0 spiro atoms. The van der Waals surface area contributed by atoms with Gasteiger partial charge in [0.1, 0.15) is 30.4 Å². The summed E-state index contributed by atoms with van der Waals surface area (Å²) in [5.74, 6) is 0. The van der Waals surface area contributed by atoms with E-state index in [2.05, 4.69) is 15.4 Å². The number of nitrogens with one attached hydrogen (secondary N) is 1. The number of aromatic nitrogens is 3. The maximum Gasteiger partial charge on any atom is 0.416 e. The standard InChI is InChI=1S/C13H7F3N6/c14-13(15,16)10-1-2-12(22-8-19-7-21-22)11(3-10)20-6-9(4-17)5-18/h1-3,6-8,20H. The fraction of sp³-hybridized carbons (Fsp3) is 0.0769. The van der Waals surface area contributed by atoms with E-state index >= 15 is 0 Å². The third-order valence-corrected chi connectivity index (χ3v) is 2.60. The Morgan fingerprint density at radius 2 is 2.00 bits per heavy atom. The Morgan fingerprint density at radius 3 is 2.55 bits per heavy atom. The van der Waals surface area contributed by atoms with Crippen molar-refractivity contribution in [3.63, 3.8) is 0 Å². The van der Waals surface area contributed by atoms with Crippen LogP contribution in [0, 0.1) is 22.7 Å². The summed E-state index contributed by atoms with van der Waals surface area (Å²) in [4.78, 5) is 3.72. The van der Waals surface area contributed by atoms with Gasteiger partial charge in [-0.15, -0.1) is 0 Å². The maximum atomic E-state index is 12.8. The van der Waals surface area contributed by atoms with Crippen LogP contribution in [0.1, 0.15) is 5.56 Å². The van der Waals surface area contributed by atoms with Crippen LogP contribution in [0.5, 0.6) is 0 Å². The number of nitriles is 2. The van der Waals surface area contributed by atoms with Gasteiger partial charge in [-0.2, -0.15) is 28.8 Å². The van der Waals surface area contributed by atoms with Gasteiger partial charge in [-0.05, 0) is 18.2 Å². The molecule has 1 heterocycles. The van der Waals surface area contributed by atoms with Crippen LogP contribution in [0.4, 0.5) is 18.9 Å². The van der Waals surface area contributed by atoms with Gasteiger partial charge in [-0.25, -0.2) is 9.67 Å². The topological polar surface area (TPSA) is 90.3 Å². The summed E-state index contributed by atoms with van der Waals surface area (Å²) in [6, 6.07) is 6.18. The molecule has 2 rings (SSSR count). The van der Waals surface area contributed by atoms with Gasteiger partial charge in [0.25, 0.3) is 0 Å². The van der Waals surface area contributed by atoms with E-state index in [4.69, 9.17) is 10.5 Å². The van der Waals surface area contributed by atoms with Crippen LogP contribution < -0.4 is 5.32 Å². The molecule has 0 saturated carbocycles. The van der Waals surface area contributed by atoms with Crippen LogP contribution in [-0.4, -0.2) is 14.8 Å². The minimum Gasteiger partial charge on any atom is -0.358 e. The third kappa shape index (κ3) is 3.22. The molecule has 1 N–H and O–H groups in total. The Morgan fingerprint density at radius 1 is 1.27 bits per heavy atom. The van der Waals surface area contributed by atoms with E-state index in [0.717, 1.165) is 18.3 Å². The second-order valence-corrected chi connectivity index (χ2v) is 4.00. The zero-order valence-electron chi connectivity index (χ0n) is 10.8. The van der Waals surface area contributed by atoms with Crippen molar-refractivity contribution in [3.05, 3.63) is 48.2 Å². The molecule has 0 bridgehead atoms. The lowest BCUT2D eigenvalue weighted by Crippen LogP contribution is -2.08. The molecule has 0 aliphatic carbocycles. The van der Waals surface area contributed by atoms with E-state index in [-0.39, 0.29) is 16.9 Å². The molecule has 22 heavy (non-hydrogen) atoms. The van der Waals surface area contributed by atoms with Crippen molar-refractivity contribution in [1.82, 2.24) is 14.8 Å². The minimum absolute atomic E-state index is 0.0309. The number of alkyl halides is 3. The summed E-state index contributed by atoms with van der Waals surface area (Å²) in [5, 5.41) is 23.7. The van der Waals surface area contributed by atoms with Crippen molar-refractivity contribution in [3.8, 4) is 17.8 Å². The predicted octanol–water partition coefficient (Wildman–Crippen LogP) is 2.63. The summed E-state index contributed by atoms with van der Waals surface area (Å²) in [5.41, 5.74) is -0.829. The average Bonchev–Trinajstić information content (AvgIpc) is 3.01. The van der Waals surface area contributed by atoms with Crippen molar-refractivity contribution < 1.29 is 13.2 Å². The minimum atomic E-state index is -4.52. The number of rotatable bonds is 3. The normalized spacial score (nSPS) is 10.4. The molecule has 9 heteroatoms. The van der Waals surface area contributed by atoms with Gasteiger partial charge < -0.3 is 5.32 Å². The third-order valence-electron chi connectivity index (χ3n) is 2.60. The maximum absolute atomic E-state index is 12.8. The molecule has 2 aromatic rings. The van der Waals surface area contributed by atoms with Gasteiger partial charge in [-0.3, -0.25) is 0 Å². The molecule has 0 unspecified atom stereocenters. The number of hydrogen-bond donors (Lipinski definition) is 1. The highest BCUT2D eigenvalue weighted by molar-refractivity contribution is 5.64. The van der Waals surface area contributed by atoms with Crippen molar-refractivity contribution in [2.45, 2.75) is 6.18 Å². The lowest BCUT2D eigenvalue weighted by Gasteiger charge is -2.13. The first-order valence-electron chi connectivity index (χ1n) is 5.79. The summed E-state index contributed by atoms with van der Waals surface area (Å²) >= 11 is 0. The van der Waals surface area contributed by atoms with E-state index in [0.29, 0.717) is 0 Å². The van der Waals surface area contributed by atoms with E-state index in [1.807, 2.05) is 0 Å². The van der Waals surface area contributed by atoms with Crippen LogP contribution >= 0.6 is 0 Å². The highest BCUT2D eigenvalue weighted by Gasteiger charge is 2.31. The molecule has 0 radical (unpaired) electrons. The Balaban J connectivity index is 2.50. The second-order valence-electron chi connectivity index (χ2n) is 4.00. The lowest BCUT2D eigenvalue weighted by molar-refractivity contribution is -0.137. The molecular weight excluding hydrogens is 297 g/mol. The fourth-order valence-electron chi connectivity index (χ4n) is 1.60. The molecular formula is C13H7F3N6. The highest BCUT2D eigenvalue weighted by Crippen LogP contribution is 2.33. The van der Waals surface area contributed by atoms with Gasteiger partial charge in [0.15, 0.2) is 0 Å². The fourth-order valence-corrected chi connectivity index (χ4v) is 1.60. The summed E-state index contributed by atoms with van der Waals surface area (Å²) in [7, 11) is 0. The Labute approximate surface area is 122 Å². The molecule has 1 aromatic heterocycles. The predicted molar refractivity (Wildman–Crippen MR) is 69.3 cm³/mol. The number of nitrogens with zero attached hydrogens (tertiary/aromatic N) is 5. The Bertz CT molecular complexity index is 762. The average molecular weight is 304 g/mol. The monoisotopic (exact) mass is 304 g/mol. The Hall–Kier alpha value is -3.33. The summed E-state index contributed by atoms with van der Waals surface area (Å²) < 4.78 is 39.6. The molecule has 6 nitrogen and oxygen atoms in total. The molecule has 1 aromatic carbocycles. The smallest absolute Gasteiger partial charge is 0.358 e. The quantitative estimate of drug-likeness (QED) is 0.880. The van der Waals surface area contributed by atoms with Crippen molar-refractivity contribution in [2.75, 3.05) is 5.32 Å². The molecule has 0 saturated heterocycles. The first-order valence-corrected chi connectivity index (χ1v) is 5.79. The van der Waals surface area contributed by atoms with Crippen LogP contribution in [0.3, 0.4) is 0 Å². The highest BCUT2D eigenvalue weighted by atomic mass is 19.4. The molecule has 0 amide bonds. The van der Waals surface area contributed by atoms with E-state index in [1.54, 1.807) is 12.1 Å². The van der Waals surface area contributed by atoms with Crippen LogP contribution in [0.15, 0.2) is 42.6 Å². The first-order chi connectivity index (χ1) is 10.5. The molecule has 110 valence electrons. The van der Waals surface area contributed by atoms with Gasteiger partial charge in [0, 0.05) is 6.20 Å². The van der Waals surface area contributed by atoms with Gasteiger partial charge in [0.2, 0.25) is 0 Å². The zero-order chi connectivity index (χ0) is 16.2. The SMILES string of the molecule is N#CC(C#N)=CNc1cc(C(F)(F)F)ccc1-n1cncn1. The van der Waals surface area contributed by atoms with Gasteiger partial charge >= 0.3 is 6.18 Å². The number of anilines is 1. The number of halogens is 3. The second kappa shape index (κ2) is 5.97. The number of allylic oxidation sites excluding steroid dienone is 1. The van der Waals surface area contributed by atoms with E-state index in [1.165, 1.54) is 23.4 Å². The molecule has 0 aliphatic heterocycles. The zero-order valence-corrected chi connectivity index (χ0v) is 10.8. The van der Waals surface area contributed by atoms with Crippen LogP contribution in [0.2, 0.25) is 0 Å². The van der Waals surface area contributed by atoms with Crippen molar-refractivity contribution >= 4 is 5.69 Å². The first kappa shape index (κ1) is 15.1. The van der Waals surface area contributed by atoms with Crippen LogP contribution in [-0.2, 0) is 6.18 Å². The largest absolute Gasteiger partial charge is 0.416 e. The van der Waals surface area contributed by atoms with E-state index < -0.39 is 11.7 Å². The Kier molecular flexibility index (Phi) is 4.09. The number of benzene rings is 1. The number of hydrogen-bond acceptors (Lipinski definition) is 5. The summed E-state index contributed by atoms with van der Waals surface area (Å²) in [6.45, 7) is 0. The van der Waals surface area contributed by atoms with Crippen LogP contribution in [0.25, 0.3) is 5.69 Å². The van der Waals surface area contributed by atoms with Gasteiger partial charge in [0.05, 0.1) is 16.9 Å². The van der Waals surface area contributed by atoms with Crippen molar-refractivity contribution in [1.29, 1.82) is 10.5 Å². The van der Waals surface area contributed by atoms with E-state index in [9.17, 15) is 13.2 Å². The van der Waals surface area contributed by atoms with Gasteiger partial charge in [-0.1, -0.05) is 0 Å².